The lowest BCUT2D eigenvalue weighted by Gasteiger charge is -2.09. The highest BCUT2D eigenvalue weighted by molar-refractivity contribution is 7.15. The quantitative estimate of drug-likeness (QED) is 0.539. The zero-order valence-electron chi connectivity index (χ0n) is 15.3. The molecule has 0 aliphatic heterocycles. The number of methoxy groups -OCH3 is 1. The Bertz CT molecular complexity index is 981. The average Bonchev–Trinajstić information content (AvgIpc) is 3.12. The monoisotopic (exact) mass is 415 g/mol. The topological polar surface area (TPSA) is 64.6 Å². The number of rotatable bonds is 6. The van der Waals surface area contributed by atoms with Gasteiger partial charge in [-0.25, -0.2) is 4.79 Å². The normalized spacial score (nSPS) is 10.4. The molecule has 0 spiro atoms. The van der Waals surface area contributed by atoms with Crippen molar-refractivity contribution in [1.82, 2.24) is 0 Å². The Morgan fingerprint density at radius 2 is 1.75 bits per heavy atom. The maximum Gasteiger partial charge on any atom is 0.341 e. The fraction of sp³-hybridized carbons (Fsp3) is 0.143. The van der Waals surface area contributed by atoms with Crippen molar-refractivity contribution in [2.45, 2.75) is 6.92 Å². The minimum absolute atomic E-state index is 0.318. The summed E-state index contributed by atoms with van der Waals surface area (Å²) in [6, 6.07) is 13.9. The predicted octanol–water partition coefficient (Wildman–Crippen LogP) is 5.51. The van der Waals surface area contributed by atoms with Crippen LogP contribution in [0.5, 0.6) is 5.75 Å². The number of amides is 1. The van der Waals surface area contributed by atoms with Crippen molar-refractivity contribution in [3.05, 3.63) is 70.1 Å². The van der Waals surface area contributed by atoms with Crippen molar-refractivity contribution < 1.29 is 19.1 Å². The molecular weight excluding hydrogens is 398 g/mol. The summed E-state index contributed by atoms with van der Waals surface area (Å²) in [6.07, 6.45) is 0. The lowest BCUT2D eigenvalue weighted by molar-refractivity contribution is 0.0603. The highest BCUT2D eigenvalue weighted by Crippen LogP contribution is 2.37. The van der Waals surface area contributed by atoms with E-state index in [2.05, 4.69) is 5.32 Å². The third-order valence-corrected chi connectivity index (χ3v) is 5.14. The third-order valence-electron chi connectivity index (χ3n) is 3.99. The number of carbonyl (C=O) groups excluding carboxylic acids is 2. The van der Waals surface area contributed by atoms with Crippen LogP contribution in [0, 0.1) is 0 Å². The predicted molar refractivity (Wildman–Crippen MR) is 112 cm³/mol. The maximum absolute atomic E-state index is 12.5. The molecule has 0 unspecified atom stereocenters. The number of ether oxygens (including phenoxy) is 2. The molecular formula is C21H18ClNO4S. The van der Waals surface area contributed by atoms with E-state index in [1.165, 1.54) is 18.4 Å². The number of anilines is 1. The first kappa shape index (κ1) is 19.9. The summed E-state index contributed by atoms with van der Waals surface area (Å²) in [5, 5.41) is 5.58. The Hall–Kier alpha value is -2.83. The number of carbonyl (C=O) groups is 2. The van der Waals surface area contributed by atoms with Gasteiger partial charge >= 0.3 is 5.97 Å². The van der Waals surface area contributed by atoms with Crippen LogP contribution in [0.1, 0.15) is 27.6 Å². The summed E-state index contributed by atoms with van der Waals surface area (Å²) in [7, 11) is 1.31. The van der Waals surface area contributed by atoms with Crippen molar-refractivity contribution in [2.75, 3.05) is 19.0 Å². The molecule has 0 bridgehead atoms. The van der Waals surface area contributed by atoms with E-state index in [-0.39, 0.29) is 5.91 Å². The summed E-state index contributed by atoms with van der Waals surface area (Å²) in [6.45, 7) is 2.49. The van der Waals surface area contributed by atoms with E-state index in [0.717, 1.165) is 11.3 Å². The summed E-state index contributed by atoms with van der Waals surface area (Å²) >= 11 is 7.13. The number of esters is 1. The van der Waals surface area contributed by atoms with E-state index in [1.54, 1.807) is 24.3 Å². The number of halogens is 1. The van der Waals surface area contributed by atoms with Gasteiger partial charge in [0.05, 0.1) is 13.7 Å². The smallest absolute Gasteiger partial charge is 0.341 e. The van der Waals surface area contributed by atoms with Gasteiger partial charge in [0.25, 0.3) is 5.91 Å². The Labute approximate surface area is 171 Å². The van der Waals surface area contributed by atoms with Crippen molar-refractivity contribution in [2.24, 2.45) is 0 Å². The summed E-state index contributed by atoms with van der Waals surface area (Å²) < 4.78 is 10.4. The second kappa shape index (κ2) is 8.91. The molecule has 0 saturated carbocycles. The first-order valence-corrected chi connectivity index (χ1v) is 9.79. The largest absolute Gasteiger partial charge is 0.494 e. The summed E-state index contributed by atoms with van der Waals surface area (Å²) in [4.78, 5) is 24.9. The first-order valence-electron chi connectivity index (χ1n) is 8.53. The fourth-order valence-electron chi connectivity index (χ4n) is 2.64. The molecule has 3 rings (SSSR count). The van der Waals surface area contributed by atoms with E-state index < -0.39 is 5.97 Å². The van der Waals surface area contributed by atoms with Crippen molar-refractivity contribution >= 4 is 39.8 Å². The Kier molecular flexibility index (Phi) is 6.34. The van der Waals surface area contributed by atoms with E-state index >= 15 is 0 Å². The Morgan fingerprint density at radius 1 is 1.07 bits per heavy atom. The highest BCUT2D eigenvalue weighted by Gasteiger charge is 2.22. The van der Waals surface area contributed by atoms with E-state index in [0.29, 0.717) is 33.3 Å². The molecule has 0 radical (unpaired) electrons. The third kappa shape index (κ3) is 4.35. The minimum atomic E-state index is -0.517. The van der Waals surface area contributed by atoms with Crippen LogP contribution >= 0.6 is 22.9 Å². The lowest BCUT2D eigenvalue weighted by atomic mass is 10.0. The average molecular weight is 416 g/mol. The molecule has 0 aliphatic carbocycles. The van der Waals surface area contributed by atoms with Gasteiger partial charge in [-0.3, -0.25) is 4.79 Å². The van der Waals surface area contributed by atoms with Crippen molar-refractivity contribution in [1.29, 1.82) is 0 Å². The minimum Gasteiger partial charge on any atom is -0.494 e. The maximum atomic E-state index is 12.5. The Balaban J connectivity index is 1.93. The number of hydrogen-bond donors (Lipinski definition) is 1. The molecule has 5 nitrogen and oxygen atoms in total. The van der Waals surface area contributed by atoms with Gasteiger partial charge in [0.1, 0.15) is 16.3 Å². The van der Waals surface area contributed by atoms with E-state index in [4.69, 9.17) is 21.1 Å². The number of thiophene rings is 1. The molecule has 28 heavy (non-hydrogen) atoms. The SMILES string of the molecule is CCOc1ccc(-c2csc(NC(=O)c3ccc(Cl)cc3)c2C(=O)OC)cc1. The first-order chi connectivity index (χ1) is 13.5. The van der Waals surface area contributed by atoms with Gasteiger partial charge in [-0.15, -0.1) is 11.3 Å². The molecule has 0 fully saturated rings. The van der Waals surface area contributed by atoms with Gasteiger partial charge < -0.3 is 14.8 Å². The van der Waals surface area contributed by atoms with E-state index in [1.807, 2.05) is 36.6 Å². The van der Waals surface area contributed by atoms with Gasteiger partial charge in [-0.05, 0) is 48.9 Å². The zero-order chi connectivity index (χ0) is 20.1. The number of nitrogens with one attached hydrogen (secondary N) is 1. The summed E-state index contributed by atoms with van der Waals surface area (Å²) in [5.74, 6) is -0.101. The molecule has 1 N–H and O–H groups in total. The molecule has 0 aliphatic rings. The zero-order valence-corrected chi connectivity index (χ0v) is 16.9. The van der Waals surface area contributed by atoms with E-state index in [9.17, 15) is 9.59 Å². The van der Waals surface area contributed by atoms with Crippen LogP contribution in [0.25, 0.3) is 11.1 Å². The van der Waals surface area contributed by atoms with Crippen LogP contribution in [0.3, 0.4) is 0 Å². The van der Waals surface area contributed by atoms with Crippen molar-refractivity contribution in [3.8, 4) is 16.9 Å². The van der Waals surface area contributed by atoms with Gasteiger partial charge in [0.2, 0.25) is 0 Å². The molecule has 2 aromatic carbocycles. The second-order valence-corrected chi connectivity index (χ2v) is 7.08. The molecule has 0 atom stereocenters. The molecule has 1 amide bonds. The van der Waals surface area contributed by atoms with Crippen molar-refractivity contribution in [3.63, 3.8) is 0 Å². The van der Waals surface area contributed by atoms with Gasteiger partial charge in [-0.1, -0.05) is 23.7 Å². The second-order valence-electron chi connectivity index (χ2n) is 5.76. The standard InChI is InChI=1S/C21H18ClNO4S/c1-3-27-16-10-6-13(7-11-16)17-12-28-20(18(17)21(25)26-2)23-19(24)14-4-8-15(22)9-5-14/h4-12H,3H2,1-2H3,(H,23,24). The molecule has 3 aromatic rings. The van der Waals surface area contributed by atoms with Gasteiger partial charge in [0.15, 0.2) is 0 Å². The summed E-state index contributed by atoms with van der Waals surface area (Å²) in [5.41, 5.74) is 2.27. The molecule has 1 aromatic heterocycles. The van der Waals surface area contributed by atoms with Crippen LogP contribution < -0.4 is 10.1 Å². The molecule has 1 heterocycles. The number of benzene rings is 2. The highest BCUT2D eigenvalue weighted by atomic mass is 35.5. The Morgan fingerprint density at radius 3 is 2.36 bits per heavy atom. The van der Waals surface area contributed by atoms with Gasteiger partial charge in [-0.2, -0.15) is 0 Å². The molecule has 7 heteroatoms. The molecule has 0 saturated heterocycles. The molecule has 144 valence electrons. The van der Waals surface area contributed by atoms with Gasteiger partial charge in [0, 0.05) is 21.5 Å². The number of hydrogen-bond acceptors (Lipinski definition) is 5. The lowest BCUT2D eigenvalue weighted by Crippen LogP contribution is -2.14. The van der Waals surface area contributed by atoms with Crippen LogP contribution in [-0.2, 0) is 4.74 Å². The van der Waals surface area contributed by atoms with Crippen LogP contribution in [0.2, 0.25) is 5.02 Å². The van der Waals surface area contributed by atoms with Crippen LogP contribution in [-0.4, -0.2) is 25.6 Å². The van der Waals surface area contributed by atoms with Crippen LogP contribution in [0.15, 0.2) is 53.9 Å². The van der Waals surface area contributed by atoms with Crippen LogP contribution in [0.4, 0.5) is 5.00 Å². The fourth-order valence-corrected chi connectivity index (χ4v) is 3.72.